The third-order valence-corrected chi connectivity index (χ3v) is 7.14. The van der Waals surface area contributed by atoms with E-state index < -0.39 is 0 Å². The van der Waals surface area contributed by atoms with Crippen LogP contribution in [0.15, 0.2) is 43.0 Å². The molecule has 0 spiro atoms. The molecule has 37 heavy (non-hydrogen) atoms. The summed E-state index contributed by atoms with van der Waals surface area (Å²) in [6.45, 7) is 3.95. The molecule has 0 radical (unpaired) electrons. The van der Waals surface area contributed by atoms with E-state index in [2.05, 4.69) is 52.3 Å². The molecule has 1 saturated carbocycles. The van der Waals surface area contributed by atoms with Crippen molar-refractivity contribution in [3.8, 4) is 22.8 Å². The van der Waals surface area contributed by atoms with Gasteiger partial charge in [0.2, 0.25) is 5.91 Å². The molecule has 1 aliphatic heterocycles. The highest BCUT2D eigenvalue weighted by molar-refractivity contribution is 5.97. The monoisotopic (exact) mass is 494 g/mol. The molecular weight excluding hydrogens is 468 g/mol. The van der Waals surface area contributed by atoms with Gasteiger partial charge in [0.15, 0.2) is 11.5 Å². The maximum absolute atomic E-state index is 12.2. The minimum Gasteiger partial charge on any atom is -0.367 e. The number of likely N-dealkylation sites (N-methyl/N-ethyl adjacent to an activating group) is 1. The lowest BCUT2D eigenvalue weighted by Crippen LogP contribution is -2.44. The van der Waals surface area contributed by atoms with Gasteiger partial charge in [-0.05, 0) is 38.1 Å². The molecule has 186 valence electrons. The number of nitrogens with zero attached hydrogens (tertiary/aromatic N) is 7. The summed E-state index contributed by atoms with van der Waals surface area (Å²) in [5.41, 5.74) is 6.41. The summed E-state index contributed by atoms with van der Waals surface area (Å²) in [5.74, 6) is 0.826. The number of aromatic amines is 2. The summed E-state index contributed by atoms with van der Waals surface area (Å²) in [4.78, 5) is 38.6. The first-order valence-electron chi connectivity index (χ1n) is 12.5. The lowest BCUT2D eigenvalue weighted by molar-refractivity contribution is -0.117. The van der Waals surface area contributed by atoms with Gasteiger partial charge in [-0.15, -0.1) is 0 Å². The molecule has 1 saturated heterocycles. The van der Waals surface area contributed by atoms with Gasteiger partial charge in [0.25, 0.3) is 0 Å². The molecule has 0 aromatic carbocycles. The van der Waals surface area contributed by atoms with Gasteiger partial charge in [-0.25, -0.2) is 9.97 Å². The van der Waals surface area contributed by atoms with Crippen molar-refractivity contribution in [1.82, 2.24) is 40.0 Å². The minimum atomic E-state index is 0.0499. The number of hydrogen-bond donors (Lipinski definition) is 3. The average molecular weight is 495 g/mol. The van der Waals surface area contributed by atoms with E-state index in [1.54, 1.807) is 18.6 Å². The number of piperazine rings is 1. The molecule has 2 aliphatic rings. The molecule has 1 amide bonds. The Labute approximate surface area is 212 Å². The van der Waals surface area contributed by atoms with Crippen molar-refractivity contribution in [3.05, 3.63) is 43.0 Å². The van der Waals surface area contributed by atoms with Crippen molar-refractivity contribution >= 4 is 39.3 Å². The zero-order valence-electron chi connectivity index (χ0n) is 20.4. The first kappa shape index (κ1) is 21.9. The van der Waals surface area contributed by atoms with E-state index >= 15 is 0 Å². The van der Waals surface area contributed by atoms with Crippen molar-refractivity contribution in [2.75, 3.05) is 43.4 Å². The molecule has 0 atom stereocenters. The van der Waals surface area contributed by atoms with Crippen LogP contribution < -0.4 is 10.2 Å². The van der Waals surface area contributed by atoms with Crippen LogP contribution in [0.4, 0.5) is 11.4 Å². The predicted molar refractivity (Wildman–Crippen MR) is 141 cm³/mol. The van der Waals surface area contributed by atoms with Crippen LogP contribution in [0.25, 0.3) is 44.8 Å². The van der Waals surface area contributed by atoms with Crippen LogP contribution >= 0.6 is 0 Å². The second-order valence-electron chi connectivity index (χ2n) is 9.82. The van der Waals surface area contributed by atoms with Crippen molar-refractivity contribution in [2.24, 2.45) is 5.92 Å². The number of imidazole rings is 1. The fraction of sp³-hybridized carbons (Fsp3) is 0.308. The van der Waals surface area contributed by atoms with Gasteiger partial charge < -0.3 is 20.1 Å². The lowest BCUT2D eigenvalue weighted by Gasteiger charge is -2.34. The number of H-pyrrole nitrogens is 2. The van der Waals surface area contributed by atoms with Crippen molar-refractivity contribution < 1.29 is 4.79 Å². The fourth-order valence-electron chi connectivity index (χ4n) is 4.81. The fourth-order valence-corrected chi connectivity index (χ4v) is 4.81. The van der Waals surface area contributed by atoms with Gasteiger partial charge in [0, 0.05) is 55.4 Å². The minimum absolute atomic E-state index is 0.0499. The Morgan fingerprint density at radius 3 is 2.78 bits per heavy atom. The number of fused-ring (bicyclic) bond motifs is 2. The van der Waals surface area contributed by atoms with E-state index in [4.69, 9.17) is 4.98 Å². The summed E-state index contributed by atoms with van der Waals surface area (Å²) >= 11 is 0. The van der Waals surface area contributed by atoms with Crippen molar-refractivity contribution in [3.63, 3.8) is 0 Å². The Morgan fingerprint density at radius 2 is 1.95 bits per heavy atom. The van der Waals surface area contributed by atoms with Crippen LogP contribution in [0, 0.1) is 5.92 Å². The zero-order valence-corrected chi connectivity index (χ0v) is 20.4. The van der Waals surface area contributed by atoms with E-state index in [1.165, 1.54) is 0 Å². The molecule has 6 heterocycles. The smallest absolute Gasteiger partial charge is 0.227 e. The van der Waals surface area contributed by atoms with Crippen LogP contribution in [-0.4, -0.2) is 79.2 Å². The number of aromatic nitrogens is 7. The Kier molecular flexibility index (Phi) is 5.10. The van der Waals surface area contributed by atoms with E-state index in [9.17, 15) is 4.79 Å². The second kappa shape index (κ2) is 8.63. The molecule has 3 N–H and O–H groups in total. The molecular formula is C26H26N10O. The molecule has 11 nitrogen and oxygen atoms in total. The number of rotatable bonds is 5. The molecule has 2 fully saturated rings. The molecule has 11 heteroatoms. The number of carbonyl (C=O) groups excluding carboxylic acids is 1. The van der Waals surface area contributed by atoms with Crippen LogP contribution in [0.1, 0.15) is 12.8 Å². The van der Waals surface area contributed by atoms with Crippen LogP contribution in [0.5, 0.6) is 0 Å². The number of carbonyl (C=O) groups is 1. The summed E-state index contributed by atoms with van der Waals surface area (Å²) < 4.78 is 0. The molecule has 0 unspecified atom stereocenters. The Bertz CT molecular complexity index is 1630. The van der Waals surface area contributed by atoms with E-state index in [0.29, 0.717) is 22.9 Å². The van der Waals surface area contributed by atoms with Gasteiger partial charge >= 0.3 is 0 Å². The highest BCUT2D eigenvalue weighted by Crippen LogP contribution is 2.33. The normalized spacial score (nSPS) is 16.5. The first-order valence-corrected chi connectivity index (χ1v) is 12.5. The summed E-state index contributed by atoms with van der Waals surface area (Å²) in [7, 11) is 2.15. The van der Waals surface area contributed by atoms with Crippen molar-refractivity contribution in [2.45, 2.75) is 12.8 Å². The number of anilines is 2. The predicted octanol–water partition coefficient (Wildman–Crippen LogP) is 3.06. The molecule has 0 bridgehead atoms. The molecule has 1 aliphatic carbocycles. The van der Waals surface area contributed by atoms with E-state index in [-0.39, 0.29) is 11.8 Å². The Balaban J connectivity index is 1.24. The number of amides is 1. The summed E-state index contributed by atoms with van der Waals surface area (Å²) in [5, 5.41) is 11.5. The van der Waals surface area contributed by atoms with E-state index in [1.807, 2.05) is 24.4 Å². The SMILES string of the molecule is CN1CCN(c2ccnc3nc(-c4n[nH]c5cnc(-c6cncc(NC(=O)C7CC7)c6)cc45)[nH]c23)CC1. The third-order valence-electron chi connectivity index (χ3n) is 7.14. The van der Waals surface area contributed by atoms with Gasteiger partial charge in [0.05, 0.1) is 35.0 Å². The van der Waals surface area contributed by atoms with Crippen LogP contribution in [0.3, 0.4) is 0 Å². The highest BCUT2D eigenvalue weighted by Gasteiger charge is 2.29. The number of hydrogen-bond acceptors (Lipinski definition) is 8. The quantitative estimate of drug-likeness (QED) is 0.340. The van der Waals surface area contributed by atoms with Crippen LogP contribution in [0.2, 0.25) is 0 Å². The second-order valence-corrected chi connectivity index (χ2v) is 9.82. The van der Waals surface area contributed by atoms with E-state index in [0.717, 1.165) is 72.4 Å². The summed E-state index contributed by atoms with van der Waals surface area (Å²) in [6, 6.07) is 5.91. The maximum atomic E-state index is 12.2. The largest absolute Gasteiger partial charge is 0.367 e. The Morgan fingerprint density at radius 1 is 1.08 bits per heavy atom. The molecule has 7 rings (SSSR count). The van der Waals surface area contributed by atoms with Gasteiger partial charge in [-0.2, -0.15) is 5.10 Å². The number of nitrogens with one attached hydrogen (secondary N) is 3. The standard InChI is InChI=1S/C26H26N10O/c1-35-6-8-36(9-7-35)21-4-5-28-24-23(21)31-25(32-24)22-18-11-19(29-14-20(18)33-34-22)16-10-17(13-27-12-16)30-26(37)15-2-3-15/h4-5,10-15H,2-3,6-9H2,1H3,(H,30,37)(H,33,34)(H,28,31,32). The van der Waals surface area contributed by atoms with Crippen LogP contribution in [-0.2, 0) is 4.79 Å². The Hall–Kier alpha value is -4.38. The summed E-state index contributed by atoms with van der Waals surface area (Å²) in [6.07, 6.45) is 8.88. The topological polar surface area (TPSA) is 132 Å². The molecule has 5 aromatic heterocycles. The zero-order chi connectivity index (χ0) is 24.9. The maximum Gasteiger partial charge on any atom is 0.227 e. The van der Waals surface area contributed by atoms with Gasteiger partial charge in [-0.1, -0.05) is 0 Å². The highest BCUT2D eigenvalue weighted by atomic mass is 16.2. The van der Waals surface area contributed by atoms with Crippen molar-refractivity contribution in [1.29, 1.82) is 0 Å². The number of pyridine rings is 3. The third kappa shape index (κ3) is 4.06. The average Bonchev–Trinajstić information content (AvgIpc) is 3.55. The lowest BCUT2D eigenvalue weighted by atomic mass is 10.1. The van der Waals surface area contributed by atoms with Gasteiger partial charge in [-0.3, -0.25) is 19.9 Å². The van der Waals surface area contributed by atoms with Gasteiger partial charge in [0.1, 0.15) is 11.2 Å². The molecule has 5 aromatic rings. The first-order chi connectivity index (χ1) is 18.1.